The van der Waals surface area contributed by atoms with E-state index >= 15 is 0 Å². The van der Waals surface area contributed by atoms with Gasteiger partial charge in [-0.05, 0) is 6.92 Å². The minimum Gasteiger partial charge on any atom is -0.465 e. The number of hydrogen-bond acceptors (Lipinski definition) is 8. The molecule has 0 aromatic carbocycles. The number of aryl methyl sites for hydroxylation is 2. The summed E-state index contributed by atoms with van der Waals surface area (Å²) in [7, 11) is 1.35. The van der Waals surface area contributed by atoms with Gasteiger partial charge in [-0.1, -0.05) is 16.5 Å². The van der Waals surface area contributed by atoms with Crippen molar-refractivity contribution in [2.75, 3.05) is 19.0 Å². The molecule has 0 unspecified atom stereocenters. The molecule has 0 fully saturated rings. The number of carbonyl (C=O) groups excluding carboxylic acids is 1. The van der Waals surface area contributed by atoms with Crippen LogP contribution >= 0.6 is 11.3 Å². The molecule has 8 heteroatoms. The molecule has 0 saturated heterocycles. The number of ether oxygens (including phenoxy) is 1. The van der Waals surface area contributed by atoms with Gasteiger partial charge in [-0.2, -0.15) is 4.98 Å². The van der Waals surface area contributed by atoms with Crippen LogP contribution in [0.2, 0.25) is 0 Å². The molecule has 0 radical (unpaired) electrons. The first-order chi connectivity index (χ1) is 9.10. The first-order valence-electron chi connectivity index (χ1n) is 5.69. The van der Waals surface area contributed by atoms with Gasteiger partial charge in [-0.3, -0.25) is 0 Å². The molecule has 2 aromatic rings. The summed E-state index contributed by atoms with van der Waals surface area (Å²) >= 11 is 1.27. The van der Waals surface area contributed by atoms with Gasteiger partial charge in [0.1, 0.15) is 4.88 Å². The highest BCUT2D eigenvalue weighted by atomic mass is 32.1. The van der Waals surface area contributed by atoms with Crippen LogP contribution < -0.4 is 5.32 Å². The fourth-order valence-electron chi connectivity index (χ4n) is 1.48. The van der Waals surface area contributed by atoms with Crippen LogP contribution in [0.5, 0.6) is 0 Å². The normalized spacial score (nSPS) is 10.5. The standard InChI is InChI=1S/C11H14N4O3S/c1-6-9(10(16)17-3)19-11(13-6)12-5-4-8-14-7(2)18-15-8/h4-5H2,1-3H3,(H,12,13). The molecular formula is C11H14N4O3S. The fourth-order valence-corrected chi connectivity index (χ4v) is 2.39. The SMILES string of the molecule is COC(=O)c1sc(NCCc2noc(C)n2)nc1C. The topological polar surface area (TPSA) is 90.1 Å². The second kappa shape index (κ2) is 5.79. The van der Waals surface area contributed by atoms with Crippen LogP contribution in [0.25, 0.3) is 0 Å². The van der Waals surface area contributed by atoms with Crippen LogP contribution in [0, 0.1) is 13.8 Å². The van der Waals surface area contributed by atoms with Crippen molar-refractivity contribution in [2.24, 2.45) is 0 Å². The Hall–Kier alpha value is -1.96. The summed E-state index contributed by atoms with van der Waals surface area (Å²) in [5.41, 5.74) is 0.662. The Kier molecular flexibility index (Phi) is 4.10. The third kappa shape index (κ3) is 3.28. The lowest BCUT2D eigenvalue weighted by molar-refractivity contribution is 0.0605. The van der Waals surface area contributed by atoms with E-state index in [1.807, 2.05) is 0 Å². The molecule has 0 saturated carbocycles. The summed E-state index contributed by atoms with van der Waals surface area (Å²) in [5.74, 6) is 0.830. The summed E-state index contributed by atoms with van der Waals surface area (Å²) in [5, 5.41) is 7.59. The number of esters is 1. The summed E-state index contributed by atoms with van der Waals surface area (Å²) in [4.78, 5) is 20.3. The van der Waals surface area contributed by atoms with Crippen molar-refractivity contribution in [2.45, 2.75) is 20.3 Å². The van der Waals surface area contributed by atoms with Gasteiger partial charge in [-0.25, -0.2) is 9.78 Å². The third-order valence-electron chi connectivity index (χ3n) is 2.36. The minimum atomic E-state index is -0.364. The molecule has 0 bridgehead atoms. The zero-order chi connectivity index (χ0) is 13.8. The Morgan fingerprint density at radius 1 is 1.42 bits per heavy atom. The highest BCUT2D eigenvalue weighted by Gasteiger charge is 2.15. The molecule has 2 heterocycles. The van der Waals surface area contributed by atoms with Crippen LogP contribution in [-0.4, -0.2) is 34.7 Å². The molecule has 2 aromatic heterocycles. The molecule has 0 aliphatic carbocycles. The van der Waals surface area contributed by atoms with Crippen molar-refractivity contribution in [1.29, 1.82) is 0 Å². The molecule has 0 aliphatic heterocycles. The van der Waals surface area contributed by atoms with Gasteiger partial charge in [0.15, 0.2) is 11.0 Å². The second-order valence-electron chi connectivity index (χ2n) is 3.83. The zero-order valence-corrected chi connectivity index (χ0v) is 11.7. The molecule has 102 valence electrons. The van der Waals surface area contributed by atoms with E-state index in [4.69, 9.17) is 4.52 Å². The first-order valence-corrected chi connectivity index (χ1v) is 6.50. The molecule has 7 nitrogen and oxygen atoms in total. The Labute approximate surface area is 114 Å². The van der Waals surface area contributed by atoms with E-state index in [1.54, 1.807) is 13.8 Å². The van der Waals surface area contributed by atoms with E-state index in [2.05, 4.69) is 25.2 Å². The van der Waals surface area contributed by atoms with Crippen molar-refractivity contribution in [1.82, 2.24) is 15.1 Å². The maximum absolute atomic E-state index is 11.4. The third-order valence-corrected chi connectivity index (χ3v) is 3.46. The van der Waals surface area contributed by atoms with Crippen LogP contribution in [0.4, 0.5) is 5.13 Å². The van der Waals surface area contributed by atoms with E-state index < -0.39 is 0 Å². The molecule has 2 rings (SSSR count). The van der Waals surface area contributed by atoms with Crippen molar-refractivity contribution in [3.8, 4) is 0 Å². The highest BCUT2D eigenvalue weighted by Crippen LogP contribution is 2.23. The molecule has 0 spiro atoms. The predicted octanol–water partition coefficient (Wildman–Crippen LogP) is 1.58. The van der Waals surface area contributed by atoms with E-state index in [1.165, 1.54) is 18.4 Å². The van der Waals surface area contributed by atoms with Gasteiger partial charge in [-0.15, -0.1) is 0 Å². The Balaban J connectivity index is 1.91. The largest absolute Gasteiger partial charge is 0.465 e. The summed E-state index contributed by atoms with van der Waals surface area (Å²) < 4.78 is 9.55. The van der Waals surface area contributed by atoms with Gasteiger partial charge in [0.05, 0.1) is 12.8 Å². The van der Waals surface area contributed by atoms with Gasteiger partial charge in [0, 0.05) is 19.9 Å². The Bertz CT molecular complexity index is 578. The lowest BCUT2D eigenvalue weighted by Gasteiger charge is -1.98. The fraction of sp³-hybridized carbons (Fsp3) is 0.455. The number of carbonyl (C=O) groups is 1. The van der Waals surface area contributed by atoms with Crippen LogP contribution in [0.1, 0.15) is 27.1 Å². The summed E-state index contributed by atoms with van der Waals surface area (Å²) in [6.45, 7) is 4.14. The van der Waals surface area contributed by atoms with Crippen LogP contribution in [-0.2, 0) is 11.2 Å². The van der Waals surface area contributed by atoms with Crippen molar-refractivity contribution >= 4 is 22.4 Å². The van der Waals surface area contributed by atoms with E-state index in [9.17, 15) is 4.79 Å². The number of thiazole rings is 1. The molecule has 1 N–H and O–H groups in total. The Morgan fingerprint density at radius 2 is 2.21 bits per heavy atom. The van der Waals surface area contributed by atoms with E-state index in [-0.39, 0.29) is 5.97 Å². The lowest BCUT2D eigenvalue weighted by atomic mass is 10.4. The highest BCUT2D eigenvalue weighted by molar-refractivity contribution is 7.17. The molecule has 0 aliphatic rings. The van der Waals surface area contributed by atoms with Gasteiger partial charge in [0.2, 0.25) is 5.89 Å². The van der Waals surface area contributed by atoms with Crippen LogP contribution in [0.15, 0.2) is 4.52 Å². The van der Waals surface area contributed by atoms with E-state index in [0.29, 0.717) is 40.4 Å². The summed E-state index contributed by atoms with van der Waals surface area (Å²) in [6, 6.07) is 0. The predicted molar refractivity (Wildman–Crippen MR) is 69.4 cm³/mol. The number of nitrogens with one attached hydrogen (secondary N) is 1. The number of aromatic nitrogens is 3. The summed E-state index contributed by atoms with van der Waals surface area (Å²) in [6.07, 6.45) is 0.628. The first kappa shape index (κ1) is 13.5. The molecule has 0 atom stereocenters. The van der Waals surface area contributed by atoms with Crippen molar-refractivity contribution < 1.29 is 14.1 Å². The molecule has 19 heavy (non-hydrogen) atoms. The number of nitrogens with zero attached hydrogens (tertiary/aromatic N) is 3. The average Bonchev–Trinajstić information content (AvgIpc) is 2.95. The maximum atomic E-state index is 11.4. The number of methoxy groups -OCH3 is 1. The van der Waals surface area contributed by atoms with Crippen LogP contribution in [0.3, 0.4) is 0 Å². The number of hydrogen-bond donors (Lipinski definition) is 1. The number of rotatable bonds is 5. The smallest absolute Gasteiger partial charge is 0.350 e. The van der Waals surface area contributed by atoms with E-state index in [0.717, 1.165) is 0 Å². The monoisotopic (exact) mass is 282 g/mol. The van der Waals surface area contributed by atoms with Gasteiger partial charge >= 0.3 is 5.97 Å². The van der Waals surface area contributed by atoms with Crippen molar-refractivity contribution in [3.05, 3.63) is 22.3 Å². The van der Waals surface area contributed by atoms with Gasteiger partial charge < -0.3 is 14.6 Å². The second-order valence-corrected chi connectivity index (χ2v) is 4.83. The average molecular weight is 282 g/mol. The number of anilines is 1. The quantitative estimate of drug-likeness (QED) is 0.832. The van der Waals surface area contributed by atoms with Gasteiger partial charge in [0.25, 0.3) is 0 Å². The Morgan fingerprint density at radius 3 is 2.84 bits per heavy atom. The zero-order valence-electron chi connectivity index (χ0n) is 10.9. The lowest BCUT2D eigenvalue weighted by Crippen LogP contribution is -2.05. The van der Waals surface area contributed by atoms with Crippen molar-refractivity contribution in [3.63, 3.8) is 0 Å². The maximum Gasteiger partial charge on any atom is 0.350 e. The molecular weight excluding hydrogens is 268 g/mol. The molecule has 0 amide bonds. The minimum absolute atomic E-state index is 0.364.